The van der Waals surface area contributed by atoms with Gasteiger partial charge in [-0.25, -0.2) is 14.5 Å². The Morgan fingerprint density at radius 1 is 1.07 bits per heavy atom. The summed E-state index contributed by atoms with van der Waals surface area (Å²) in [5, 5.41) is 0. The van der Waals surface area contributed by atoms with E-state index in [2.05, 4.69) is 0 Å². The number of fused-ring (bicyclic) bond motifs is 1. The van der Waals surface area contributed by atoms with Crippen LogP contribution in [0, 0.1) is 6.92 Å². The fourth-order valence-corrected chi connectivity index (χ4v) is 3.18. The summed E-state index contributed by atoms with van der Waals surface area (Å²) in [7, 11) is 0. The Balaban J connectivity index is 1.64. The lowest BCUT2D eigenvalue weighted by Gasteiger charge is -2.16. The molecule has 7 heteroatoms. The zero-order chi connectivity index (χ0) is 19.1. The molecule has 2 heterocycles. The van der Waals surface area contributed by atoms with E-state index in [1.165, 1.54) is 18.2 Å². The second-order valence-electron chi connectivity index (χ2n) is 6.34. The number of benzene rings is 2. The average Bonchev–Trinajstić information content (AvgIpc) is 3.17. The van der Waals surface area contributed by atoms with Crippen molar-refractivity contribution >= 4 is 29.4 Å². The van der Waals surface area contributed by atoms with Gasteiger partial charge in [0.1, 0.15) is 0 Å². The molecule has 2 aliphatic heterocycles. The van der Waals surface area contributed by atoms with E-state index in [1.54, 1.807) is 12.1 Å². The van der Waals surface area contributed by atoms with Crippen LogP contribution in [0.25, 0.3) is 0 Å². The number of hydrogen-bond donors (Lipinski definition) is 0. The van der Waals surface area contributed by atoms with Gasteiger partial charge >= 0.3 is 11.9 Å². The van der Waals surface area contributed by atoms with Crippen LogP contribution >= 0.6 is 0 Å². The fraction of sp³-hybridized carbons (Fsp3) is 0.200. The van der Waals surface area contributed by atoms with Crippen molar-refractivity contribution in [3.8, 4) is 0 Å². The molecule has 2 aliphatic rings. The Kier molecular flexibility index (Phi) is 3.99. The summed E-state index contributed by atoms with van der Waals surface area (Å²) >= 11 is 0. The zero-order valence-electron chi connectivity index (χ0n) is 14.4. The SMILES string of the molecule is Cc1ccccc1N1C(=O)c2ccc(C(=O)O[C@@H]3CCOC3=O)cc2C1=O. The lowest BCUT2D eigenvalue weighted by molar-refractivity contribution is -0.145. The van der Waals surface area contributed by atoms with E-state index < -0.39 is 29.9 Å². The highest BCUT2D eigenvalue weighted by molar-refractivity contribution is 6.34. The number of cyclic esters (lactones) is 1. The molecule has 1 atom stereocenters. The molecule has 7 nitrogen and oxygen atoms in total. The lowest BCUT2D eigenvalue weighted by Crippen LogP contribution is -2.29. The van der Waals surface area contributed by atoms with Crippen LogP contribution in [0.15, 0.2) is 42.5 Å². The molecule has 0 N–H and O–H groups in total. The smallest absolute Gasteiger partial charge is 0.347 e. The summed E-state index contributed by atoms with van der Waals surface area (Å²) < 4.78 is 9.90. The highest BCUT2D eigenvalue weighted by Crippen LogP contribution is 2.31. The predicted octanol–water partition coefficient (Wildman–Crippen LogP) is 2.27. The van der Waals surface area contributed by atoms with Gasteiger partial charge in [-0.05, 0) is 36.8 Å². The second kappa shape index (κ2) is 6.35. The van der Waals surface area contributed by atoms with E-state index in [0.717, 1.165) is 10.5 Å². The minimum atomic E-state index is -0.938. The Hall–Kier alpha value is -3.48. The van der Waals surface area contributed by atoms with Gasteiger partial charge in [0.15, 0.2) is 0 Å². The zero-order valence-corrected chi connectivity index (χ0v) is 14.4. The second-order valence-corrected chi connectivity index (χ2v) is 6.34. The summed E-state index contributed by atoms with van der Waals surface area (Å²) in [5.41, 5.74) is 1.74. The molecule has 0 aromatic heterocycles. The number of rotatable bonds is 3. The molecule has 2 aromatic carbocycles. The molecule has 27 heavy (non-hydrogen) atoms. The van der Waals surface area contributed by atoms with Crippen molar-refractivity contribution < 1.29 is 28.7 Å². The first-order valence-electron chi connectivity index (χ1n) is 8.43. The third-order valence-electron chi connectivity index (χ3n) is 4.62. The van der Waals surface area contributed by atoms with E-state index in [9.17, 15) is 19.2 Å². The number of amides is 2. The summed E-state index contributed by atoms with van der Waals surface area (Å²) in [6.07, 6.45) is -0.639. The Bertz CT molecular complexity index is 996. The van der Waals surface area contributed by atoms with Crippen LogP contribution in [-0.4, -0.2) is 36.5 Å². The number of carbonyl (C=O) groups is 4. The van der Waals surface area contributed by atoms with E-state index in [0.29, 0.717) is 12.1 Å². The first-order valence-corrected chi connectivity index (χ1v) is 8.43. The van der Waals surface area contributed by atoms with Gasteiger partial charge in [-0.3, -0.25) is 9.59 Å². The highest BCUT2D eigenvalue weighted by atomic mass is 16.6. The number of anilines is 1. The minimum absolute atomic E-state index is 0.0984. The maximum absolute atomic E-state index is 12.8. The van der Waals surface area contributed by atoms with Gasteiger partial charge in [0, 0.05) is 6.42 Å². The van der Waals surface area contributed by atoms with Crippen LogP contribution in [0.1, 0.15) is 43.1 Å². The van der Waals surface area contributed by atoms with Crippen molar-refractivity contribution in [3.05, 3.63) is 64.7 Å². The number of ether oxygens (including phenoxy) is 2. The number of para-hydroxylation sites is 1. The molecule has 0 saturated carbocycles. The monoisotopic (exact) mass is 365 g/mol. The third-order valence-corrected chi connectivity index (χ3v) is 4.62. The van der Waals surface area contributed by atoms with Crippen molar-refractivity contribution in [3.63, 3.8) is 0 Å². The van der Waals surface area contributed by atoms with Crippen LogP contribution in [-0.2, 0) is 14.3 Å². The quantitative estimate of drug-likeness (QED) is 0.612. The Labute approximate surface area is 154 Å². The number of carbonyl (C=O) groups excluding carboxylic acids is 4. The number of hydrogen-bond acceptors (Lipinski definition) is 6. The molecule has 0 spiro atoms. The number of aryl methyl sites for hydroxylation is 1. The lowest BCUT2D eigenvalue weighted by atomic mass is 10.1. The molecule has 1 saturated heterocycles. The molecule has 136 valence electrons. The van der Waals surface area contributed by atoms with Crippen molar-refractivity contribution in [1.82, 2.24) is 0 Å². The van der Waals surface area contributed by atoms with Gasteiger partial charge < -0.3 is 9.47 Å². The summed E-state index contributed by atoms with van der Waals surface area (Å²) in [6, 6.07) is 11.2. The molecule has 2 amide bonds. The van der Waals surface area contributed by atoms with Crippen LogP contribution in [0.5, 0.6) is 0 Å². The van der Waals surface area contributed by atoms with Gasteiger partial charge in [-0.1, -0.05) is 18.2 Å². The summed E-state index contributed by atoms with van der Waals surface area (Å²) in [4.78, 5) is 50.4. The van der Waals surface area contributed by atoms with Gasteiger partial charge in [0.2, 0.25) is 6.10 Å². The predicted molar refractivity (Wildman–Crippen MR) is 93.5 cm³/mol. The van der Waals surface area contributed by atoms with E-state index in [4.69, 9.17) is 9.47 Å². The van der Waals surface area contributed by atoms with Crippen molar-refractivity contribution in [2.45, 2.75) is 19.4 Å². The van der Waals surface area contributed by atoms with E-state index >= 15 is 0 Å². The van der Waals surface area contributed by atoms with Gasteiger partial charge in [0.25, 0.3) is 11.8 Å². The maximum Gasteiger partial charge on any atom is 0.347 e. The molecule has 0 aliphatic carbocycles. The maximum atomic E-state index is 12.8. The van der Waals surface area contributed by atoms with Gasteiger partial charge in [-0.15, -0.1) is 0 Å². The van der Waals surface area contributed by atoms with Crippen molar-refractivity contribution in [2.75, 3.05) is 11.5 Å². The van der Waals surface area contributed by atoms with Crippen molar-refractivity contribution in [1.29, 1.82) is 0 Å². The molecule has 1 fully saturated rings. The Morgan fingerprint density at radius 2 is 1.81 bits per heavy atom. The summed E-state index contributed by atoms with van der Waals surface area (Å²) in [5.74, 6) is -2.26. The summed E-state index contributed by atoms with van der Waals surface area (Å²) in [6.45, 7) is 2.02. The third kappa shape index (κ3) is 2.77. The van der Waals surface area contributed by atoms with Crippen LogP contribution in [0.2, 0.25) is 0 Å². The average molecular weight is 365 g/mol. The number of esters is 2. The number of imide groups is 1. The normalized spacial score (nSPS) is 18.5. The molecule has 0 radical (unpaired) electrons. The highest BCUT2D eigenvalue weighted by Gasteiger charge is 2.38. The molecule has 0 bridgehead atoms. The van der Waals surface area contributed by atoms with Gasteiger partial charge in [-0.2, -0.15) is 0 Å². The molecule has 0 unspecified atom stereocenters. The first-order chi connectivity index (χ1) is 13.0. The minimum Gasteiger partial charge on any atom is -0.463 e. The molecule has 2 aromatic rings. The standard InChI is InChI=1S/C20H15NO6/c1-11-4-2-3-5-15(11)21-17(22)13-7-6-12(10-14(13)18(21)23)19(24)27-16-8-9-26-20(16)25/h2-7,10,16H,8-9H2,1H3/t16-/m1/s1. The van der Waals surface area contributed by atoms with Crippen LogP contribution < -0.4 is 4.90 Å². The van der Waals surface area contributed by atoms with E-state index in [1.807, 2.05) is 19.1 Å². The van der Waals surface area contributed by atoms with E-state index in [-0.39, 0.29) is 23.3 Å². The van der Waals surface area contributed by atoms with Crippen molar-refractivity contribution in [2.24, 2.45) is 0 Å². The van der Waals surface area contributed by atoms with Gasteiger partial charge in [0.05, 0.1) is 29.0 Å². The molecular weight excluding hydrogens is 350 g/mol. The molecular formula is C20H15NO6. The largest absolute Gasteiger partial charge is 0.463 e. The topological polar surface area (TPSA) is 90.0 Å². The first kappa shape index (κ1) is 17.0. The van der Waals surface area contributed by atoms with Crippen LogP contribution in [0.3, 0.4) is 0 Å². The van der Waals surface area contributed by atoms with Crippen LogP contribution in [0.4, 0.5) is 5.69 Å². The Morgan fingerprint density at radius 3 is 2.52 bits per heavy atom. The molecule has 4 rings (SSSR count). The fourth-order valence-electron chi connectivity index (χ4n) is 3.18. The number of nitrogens with zero attached hydrogens (tertiary/aromatic N) is 1.